The predicted molar refractivity (Wildman–Crippen MR) is 306 cm³/mol. The maximum absolute atomic E-state index is 12.8. The highest BCUT2D eigenvalue weighted by molar-refractivity contribution is 5.71. The average molecular weight is 980 g/mol. The number of unbranched alkanes of at least 4 members (excludes halogenated alkanes) is 14. The van der Waals surface area contributed by atoms with Gasteiger partial charge in [0.25, 0.3) is 0 Å². The number of ether oxygens (including phenoxy) is 3. The fraction of sp³-hybridized carbons (Fsp3) is 0.585. The first kappa shape index (κ1) is 66.3. The van der Waals surface area contributed by atoms with Crippen LogP contribution in [0.2, 0.25) is 0 Å². The minimum absolute atomic E-state index is 0.116. The first-order valence-corrected chi connectivity index (χ1v) is 28.3. The lowest BCUT2D eigenvalue weighted by Gasteiger charge is -2.18. The zero-order valence-corrected chi connectivity index (χ0v) is 45.4. The Hall–Kier alpha value is -4.71. The van der Waals surface area contributed by atoms with Gasteiger partial charge in [0.05, 0.1) is 0 Å². The van der Waals surface area contributed by atoms with E-state index in [-0.39, 0.29) is 37.5 Å². The van der Waals surface area contributed by atoms with E-state index in [0.717, 1.165) is 141 Å². The largest absolute Gasteiger partial charge is 0.462 e. The number of esters is 3. The van der Waals surface area contributed by atoms with Gasteiger partial charge in [0.1, 0.15) is 13.2 Å². The molecule has 0 rings (SSSR count). The lowest BCUT2D eigenvalue weighted by molar-refractivity contribution is -0.167. The van der Waals surface area contributed by atoms with Crippen molar-refractivity contribution in [2.75, 3.05) is 13.2 Å². The fourth-order valence-corrected chi connectivity index (χ4v) is 7.11. The molecule has 0 saturated carbocycles. The number of allylic oxidation sites excluding steroid dienone is 24. The van der Waals surface area contributed by atoms with Gasteiger partial charge in [-0.3, -0.25) is 14.4 Å². The molecule has 1 unspecified atom stereocenters. The second-order valence-electron chi connectivity index (χ2n) is 18.1. The molecule has 398 valence electrons. The van der Waals surface area contributed by atoms with Crippen LogP contribution in [-0.2, 0) is 28.6 Å². The molecular formula is C65H102O6. The highest BCUT2D eigenvalue weighted by atomic mass is 16.6. The van der Waals surface area contributed by atoms with Gasteiger partial charge >= 0.3 is 17.9 Å². The Kier molecular flexibility index (Phi) is 54.0. The fourth-order valence-electron chi connectivity index (χ4n) is 7.11. The van der Waals surface area contributed by atoms with Gasteiger partial charge in [0, 0.05) is 19.3 Å². The van der Waals surface area contributed by atoms with Crippen LogP contribution in [0.1, 0.15) is 226 Å². The summed E-state index contributed by atoms with van der Waals surface area (Å²) in [5.41, 5.74) is 0. The van der Waals surface area contributed by atoms with Gasteiger partial charge in [-0.05, 0) is 141 Å². The zero-order valence-electron chi connectivity index (χ0n) is 45.4. The van der Waals surface area contributed by atoms with E-state index < -0.39 is 6.10 Å². The van der Waals surface area contributed by atoms with Crippen LogP contribution < -0.4 is 0 Å². The number of carbonyl (C=O) groups excluding carboxylic acids is 3. The summed E-state index contributed by atoms with van der Waals surface area (Å²) in [5, 5.41) is 0. The summed E-state index contributed by atoms with van der Waals surface area (Å²) in [6, 6.07) is 0. The van der Waals surface area contributed by atoms with Crippen LogP contribution in [0, 0.1) is 0 Å². The molecule has 0 fully saturated rings. The molecule has 6 heteroatoms. The van der Waals surface area contributed by atoms with Crippen LogP contribution in [-0.4, -0.2) is 37.2 Å². The lowest BCUT2D eigenvalue weighted by Crippen LogP contribution is -2.30. The van der Waals surface area contributed by atoms with Crippen molar-refractivity contribution in [1.82, 2.24) is 0 Å². The highest BCUT2D eigenvalue weighted by Crippen LogP contribution is 2.12. The van der Waals surface area contributed by atoms with E-state index in [4.69, 9.17) is 14.2 Å². The van der Waals surface area contributed by atoms with Crippen LogP contribution >= 0.6 is 0 Å². The molecule has 71 heavy (non-hydrogen) atoms. The summed E-state index contributed by atoms with van der Waals surface area (Å²) >= 11 is 0. The van der Waals surface area contributed by atoms with Crippen LogP contribution in [0.15, 0.2) is 146 Å². The molecule has 0 aromatic rings. The third-order valence-electron chi connectivity index (χ3n) is 11.3. The van der Waals surface area contributed by atoms with Gasteiger partial charge in [-0.25, -0.2) is 0 Å². The average Bonchev–Trinajstić information content (AvgIpc) is 3.37. The normalized spacial score (nSPS) is 13.2. The zero-order chi connectivity index (χ0) is 51.4. The molecular weight excluding hydrogens is 877 g/mol. The van der Waals surface area contributed by atoms with E-state index in [0.29, 0.717) is 19.3 Å². The van der Waals surface area contributed by atoms with Crippen LogP contribution in [0.5, 0.6) is 0 Å². The molecule has 0 radical (unpaired) electrons. The van der Waals surface area contributed by atoms with Gasteiger partial charge in [-0.2, -0.15) is 0 Å². The first-order valence-electron chi connectivity index (χ1n) is 28.3. The van der Waals surface area contributed by atoms with Crippen molar-refractivity contribution >= 4 is 17.9 Å². The second kappa shape index (κ2) is 57.9. The van der Waals surface area contributed by atoms with Crippen LogP contribution in [0.25, 0.3) is 0 Å². The van der Waals surface area contributed by atoms with Gasteiger partial charge in [0.15, 0.2) is 6.10 Å². The SMILES string of the molecule is CC/C=C\C/C=C\C/C=C\C/C=C\C/C=C\C/C=C\C/C=C\CCCCCC(=O)OCC(COC(=O)CCCCCCC/C=C\CCCCCC)OC(=O)CCCC/C=C\C/C=C\C/C=C\C/C=C\CC. The topological polar surface area (TPSA) is 78.9 Å². The van der Waals surface area contributed by atoms with Crippen molar-refractivity contribution in [1.29, 1.82) is 0 Å². The third-order valence-corrected chi connectivity index (χ3v) is 11.3. The number of hydrogen-bond donors (Lipinski definition) is 0. The smallest absolute Gasteiger partial charge is 0.306 e. The molecule has 0 aliphatic heterocycles. The Bertz CT molecular complexity index is 1590. The van der Waals surface area contributed by atoms with Crippen molar-refractivity contribution in [2.24, 2.45) is 0 Å². The van der Waals surface area contributed by atoms with E-state index in [1.807, 2.05) is 0 Å². The molecule has 0 aliphatic rings. The minimum Gasteiger partial charge on any atom is -0.462 e. The molecule has 0 N–H and O–H groups in total. The Morgan fingerprint density at radius 1 is 0.296 bits per heavy atom. The van der Waals surface area contributed by atoms with E-state index in [1.54, 1.807) is 0 Å². The van der Waals surface area contributed by atoms with Crippen LogP contribution in [0.4, 0.5) is 0 Å². The number of rotatable bonds is 49. The van der Waals surface area contributed by atoms with Crippen molar-refractivity contribution in [3.05, 3.63) is 146 Å². The number of hydrogen-bond acceptors (Lipinski definition) is 6. The van der Waals surface area contributed by atoms with Crippen molar-refractivity contribution in [3.63, 3.8) is 0 Å². The Morgan fingerprint density at radius 3 is 0.915 bits per heavy atom. The summed E-state index contributed by atoms with van der Waals surface area (Å²) in [6.45, 7) is 6.31. The molecule has 0 amide bonds. The first-order chi connectivity index (χ1) is 35.0. The highest BCUT2D eigenvalue weighted by Gasteiger charge is 2.19. The van der Waals surface area contributed by atoms with Gasteiger partial charge < -0.3 is 14.2 Å². The van der Waals surface area contributed by atoms with E-state index in [1.165, 1.54) is 38.5 Å². The van der Waals surface area contributed by atoms with Crippen molar-refractivity contribution < 1.29 is 28.6 Å². The Labute approximate surface area is 436 Å². The van der Waals surface area contributed by atoms with Gasteiger partial charge in [-0.15, -0.1) is 0 Å². The van der Waals surface area contributed by atoms with Crippen molar-refractivity contribution in [2.45, 2.75) is 232 Å². The molecule has 0 aromatic carbocycles. The quantitative estimate of drug-likeness (QED) is 0.0262. The van der Waals surface area contributed by atoms with Gasteiger partial charge in [0.2, 0.25) is 0 Å². The predicted octanol–water partition coefficient (Wildman–Crippen LogP) is 19.2. The van der Waals surface area contributed by atoms with E-state index in [2.05, 4.69) is 167 Å². The third kappa shape index (κ3) is 56.1. The molecule has 0 aromatic heterocycles. The molecule has 0 heterocycles. The molecule has 6 nitrogen and oxygen atoms in total. The molecule has 0 spiro atoms. The summed E-state index contributed by atoms with van der Waals surface area (Å²) in [4.78, 5) is 38.1. The minimum atomic E-state index is -0.823. The van der Waals surface area contributed by atoms with E-state index in [9.17, 15) is 14.4 Å². The summed E-state index contributed by atoms with van der Waals surface area (Å²) in [5.74, 6) is -1.01. The summed E-state index contributed by atoms with van der Waals surface area (Å²) in [6.07, 6.45) is 82.7. The van der Waals surface area contributed by atoms with Crippen LogP contribution in [0.3, 0.4) is 0 Å². The molecule has 0 saturated heterocycles. The monoisotopic (exact) mass is 979 g/mol. The van der Waals surface area contributed by atoms with Crippen molar-refractivity contribution in [3.8, 4) is 0 Å². The summed E-state index contributed by atoms with van der Waals surface area (Å²) < 4.78 is 16.8. The van der Waals surface area contributed by atoms with E-state index >= 15 is 0 Å². The Morgan fingerprint density at radius 2 is 0.549 bits per heavy atom. The molecule has 0 aliphatic carbocycles. The second-order valence-corrected chi connectivity index (χ2v) is 18.1. The van der Waals surface area contributed by atoms with Gasteiger partial charge in [-0.1, -0.05) is 212 Å². The Balaban J connectivity index is 4.50. The summed E-state index contributed by atoms with van der Waals surface area (Å²) in [7, 11) is 0. The standard InChI is InChI=1S/C65H102O6/c1-4-7-10-13-16-19-22-25-27-28-29-30-31-32-33-34-35-36-38-40-43-46-49-52-55-58-64(67)70-61-62(60-69-63(66)57-54-51-48-45-42-39-24-21-18-15-12-9-6-3)71-65(68)59-56-53-50-47-44-41-37-26-23-20-17-14-11-8-5-2/h7-8,10-11,16-17,19-21,24-27,29-30,32-33,35-37,40,43-44,47,62H,4-6,9,12-15,18,22-23,28,31,34,38-39,41-42,45-46,48-61H2,1-3H3/b10-7-,11-8-,19-16-,20-17-,24-21-,27-25-,30-29-,33-32-,36-35-,37-26-,43-40-,47-44-. The maximum Gasteiger partial charge on any atom is 0.306 e. The molecule has 1 atom stereocenters. The maximum atomic E-state index is 12.8. The number of carbonyl (C=O) groups is 3. The lowest BCUT2D eigenvalue weighted by atomic mass is 10.1. The molecule has 0 bridgehead atoms.